The lowest BCUT2D eigenvalue weighted by Crippen LogP contribution is -2.59. The quantitative estimate of drug-likeness (QED) is 0.223. The van der Waals surface area contributed by atoms with Gasteiger partial charge in [-0.15, -0.1) is 0 Å². The molecule has 1 atom stereocenters. The lowest BCUT2D eigenvalue weighted by atomic mass is 9.76. The number of methoxy groups -OCH3 is 1. The summed E-state index contributed by atoms with van der Waals surface area (Å²) in [6, 6.07) is 9.58. The molecule has 268 valence electrons. The molecule has 4 rings (SSSR count). The Bertz CT molecular complexity index is 1680. The lowest BCUT2D eigenvalue weighted by molar-refractivity contribution is -0.236. The Morgan fingerprint density at radius 3 is 2.06 bits per heavy atom. The van der Waals surface area contributed by atoms with Crippen molar-refractivity contribution >= 4 is 22.6 Å². The van der Waals surface area contributed by atoms with E-state index >= 15 is 0 Å². The van der Waals surface area contributed by atoms with Crippen LogP contribution in [0.1, 0.15) is 29.5 Å². The number of rotatable bonds is 10. The van der Waals surface area contributed by atoms with Gasteiger partial charge in [-0.1, -0.05) is 42.5 Å². The van der Waals surface area contributed by atoms with Gasteiger partial charge in [-0.25, -0.2) is 4.79 Å². The van der Waals surface area contributed by atoms with E-state index in [4.69, 9.17) is 4.74 Å². The zero-order valence-corrected chi connectivity index (χ0v) is 26.6. The van der Waals surface area contributed by atoms with Crippen molar-refractivity contribution in [3.63, 3.8) is 0 Å². The van der Waals surface area contributed by atoms with Crippen LogP contribution in [0.4, 0.5) is 39.5 Å². The number of hydrogen-bond acceptors (Lipinski definition) is 5. The second-order valence-corrected chi connectivity index (χ2v) is 12.3. The Hall–Kier alpha value is -4.05. The Balaban J connectivity index is 1.74. The smallest absolute Gasteiger partial charge is 0.417 e. The molecule has 2 N–H and O–H groups in total. The van der Waals surface area contributed by atoms with Crippen LogP contribution in [-0.2, 0) is 28.7 Å². The van der Waals surface area contributed by atoms with Gasteiger partial charge in [0.25, 0.3) is 0 Å². The van der Waals surface area contributed by atoms with Gasteiger partial charge in [0.15, 0.2) is 0 Å². The zero-order valence-electron chi connectivity index (χ0n) is 26.6. The first kappa shape index (κ1) is 37.8. The monoisotopic (exact) mass is 707 g/mol. The maximum absolute atomic E-state index is 14.7. The van der Waals surface area contributed by atoms with E-state index in [0.29, 0.717) is 0 Å². The molecule has 1 aliphatic rings. The zero-order chi connectivity index (χ0) is 36.5. The molecule has 0 spiro atoms. The summed E-state index contributed by atoms with van der Waals surface area (Å²) in [5.41, 5.74) is -4.06. The second kappa shape index (κ2) is 14.1. The normalized spacial score (nSPS) is 16.5. The average Bonchev–Trinajstić information content (AvgIpc) is 2.98. The number of likely N-dealkylation sites (tertiary alicyclic amines) is 1. The maximum Gasteiger partial charge on any atom is 0.417 e. The molecule has 1 fully saturated rings. The van der Waals surface area contributed by atoms with Crippen LogP contribution in [0.5, 0.6) is 5.75 Å². The number of benzene rings is 3. The molecule has 16 heteroatoms. The maximum atomic E-state index is 14.7. The van der Waals surface area contributed by atoms with Gasteiger partial charge in [-0.2, -0.15) is 39.5 Å². The predicted octanol–water partition coefficient (Wildman–Crippen LogP) is 6.91. The summed E-state index contributed by atoms with van der Waals surface area (Å²) in [5.74, 6) is -3.45. The number of carboxylic acids is 1. The van der Waals surface area contributed by atoms with Crippen molar-refractivity contribution in [3.8, 4) is 16.9 Å². The molecule has 0 aliphatic carbocycles. The van der Waals surface area contributed by atoms with Gasteiger partial charge in [-0.05, 0) is 73.6 Å². The number of nitrogens with one attached hydrogen (secondary N) is 1. The molecule has 0 aromatic heterocycles. The Kier molecular flexibility index (Phi) is 10.8. The summed E-state index contributed by atoms with van der Waals surface area (Å²) in [4.78, 5) is 27.8. The van der Waals surface area contributed by atoms with Crippen LogP contribution in [0.2, 0.25) is 0 Å². The van der Waals surface area contributed by atoms with E-state index < -0.39 is 86.3 Å². The Morgan fingerprint density at radius 2 is 1.53 bits per heavy atom. The number of ether oxygens (including phenoxy) is 1. The summed E-state index contributed by atoms with van der Waals surface area (Å²) in [7, 11) is 4.44. The number of nitrogens with zero attached hydrogens (tertiary/aromatic N) is 2. The molecule has 1 heterocycles. The first-order chi connectivity index (χ1) is 22.7. The number of alkyl halides is 9. The summed E-state index contributed by atoms with van der Waals surface area (Å²) in [6.45, 7) is -2.91. The van der Waals surface area contributed by atoms with Gasteiger partial charge in [0, 0.05) is 18.5 Å². The van der Waals surface area contributed by atoms with Crippen molar-refractivity contribution in [2.45, 2.75) is 50.4 Å². The van der Waals surface area contributed by atoms with E-state index in [1.807, 2.05) is 5.32 Å². The number of amides is 1. The fraction of sp³-hybridized carbons (Fsp3) is 0.455. The highest BCUT2D eigenvalue weighted by molar-refractivity contribution is 6.01. The van der Waals surface area contributed by atoms with Gasteiger partial charge in [-0.3, -0.25) is 9.69 Å². The van der Waals surface area contributed by atoms with Crippen molar-refractivity contribution in [1.29, 1.82) is 0 Å². The number of carbonyl (C=O) groups excluding carboxylic acids is 1. The number of carbonyl (C=O) groups is 2. The number of piperidine rings is 1. The number of fused-ring (bicyclic) bond motifs is 1. The third-order valence-electron chi connectivity index (χ3n) is 8.64. The molecule has 1 aliphatic heterocycles. The molecular formula is C33H34F9N3O4. The van der Waals surface area contributed by atoms with E-state index in [1.165, 1.54) is 55.6 Å². The molecule has 3 aromatic rings. The largest absolute Gasteiger partial charge is 0.496 e. The second-order valence-electron chi connectivity index (χ2n) is 12.3. The molecule has 3 aromatic carbocycles. The van der Waals surface area contributed by atoms with E-state index in [9.17, 15) is 54.2 Å². The van der Waals surface area contributed by atoms with Crippen LogP contribution >= 0.6 is 0 Å². The molecule has 1 saturated heterocycles. The highest BCUT2D eigenvalue weighted by Gasteiger charge is 2.61. The van der Waals surface area contributed by atoms with E-state index in [0.717, 1.165) is 4.90 Å². The van der Waals surface area contributed by atoms with Crippen LogP contribution in [0.15, 0.2) is 48.5 Å². The minimum Gasteiger partial charge on any atom is -0.496 e. The molecule has 1 amide bonds. The Morgan fingerprint density at radius 1 is 0.918 bits per heavy atom. The van der Waals surface area contributed by atoms with E-state index in [-0.39, 0.29) is 45.3 Å². The molecule has 0 radical (unpaired) electrons. The summed E-state index contributed by atoms with van der Waals surface area (Å²) in [6.07, 6.45) is -17.3. The third-order valence-corrected chi connectivity index (χ3v) is 8.64. The minimum atomic E-state index is -5.20. The van der Waals surface area contributed by atoms with Crippen LogP contribution in [0.25, 0.3) is 21.9 Å². The fourth-order valence-corrected chi connectivity index (χ4v) is 6.33. The Labute approximate surface area is 275 Å². The van der Waals surface area contributed by atoms with E-state index in [2.05, 4.69) is 0 Å². The number of carboxylic acid groups (broad SMARTS) is 1. The molecule has 49 heavy (non-hydrogen) atoms. The van der Waals surface area contributed by atoms with Crippen molar-refractivity contribution in [1.82, 2.24) is 15.1 Å². The fourth-order valence-electron chi connectivity index (χ4n) is 6.33. The standard InChI is InChI=1S/C33H34F9N3O4/c1-44(2)17-20-10-11-25(49-3)26(27(20)32(37,38)39)23-9-5-7-21-19(6-4-8-22(21)23)16-24(28(46)47)43-29(48)30(33(40,41)42)12-14-45(15-13-30)18-31(34,35)36/h4-11,24H,12-18H2,1-3H3,(H,43,48)(H,46,47)/t24-/m0/s1. The summed E-state index contributed by atoms with van der Waals surface area (Å²) in [5, 5.41) is 12.5. The predicted molar refractivity (Wildman–Crippen MR) is 162 cm³/mol. The third kappa shape index (κ3) is 8.23. The van der Waals surface area contributed by atoms with Crippen LogP contribution in [0.3, 0.4) is 0 Å². The van der Waals surface area contributed by atoms with Crippen molar-refractivity contribution in [2.24, 2.45) is 5.41 Å². The number of aliphatic carboxylic acids is 1. The minimum absolute atomic E-state index is 0.0297. The molecule has 0 saturated carbocycles. The van der Waals surface area contributed by atoms with Crippen molar-refractivity contribution in [2.75, 3.05) is 40.8 Å². The van der Waals surface area contributed by atoms with Crippen molar-refractivity contribution in [3.05, 3.63) is 65.2 Å². The van der Waals surface area contributed by atoms with Crippen molar-refractivity contribution < 1.29 is 58.9 Å². The lowest BCUT2D eigenvalue weighted by Gasteiger charge is -2.42. The van der Waals surface area contributed by atoms with Crippen LogP contribution < -0.4 is 10.1 Å². The molecule has 7 nitrogen and oxygen atoms in total. The molecule has 0 bridgehead atoms. The highest BCUT2D eigenvalue weighted by Crippen LogP contribution is 2.48. The van der Waals surface area contributed by atoms with Crippen LogP contribution in [-0.4, -0.2) is 86.0 Å². The average molecular weight is 708 g/mol. The first-order valence-electron chi connectivity index (χ1n) is 15.0. The molecule has 0 unspecified atom stereocenters. The van der Waals surface area contributed by atoms with Gasteiger partial charge in [0.2, 0.25) is 5.91 Å². The summed E-state index contributed by atoms with van der Waals surface area (Å²) < 4.78 is 131. The first-order valence-corrected chi connectivity index (χ1v) is 15.0. The topological polar surface area (TPSA) is 82.1 Å². The van der Waals surface area contributed by atoms with E-state index in [1.54, 1.807) is 19.0 Å². The molecular weight excluding hydrogens is 673 g/mol. The van der Waals surface area contributed by atoms with Gasteiger partial charge >= 0.3 is 24.5 Å². The number of hydrogen-bond donors (Lipinski definition) is 2. The van der Waals surface area contributed by atoms with Gasteiger partial charge < -0.3 is 20.1 Å². The van der Waals surface area contributed by atoms with Crippen LogP contribution in [0, 0.1) is 5.41 Å². The highest BCUT2D eigenvalue weighted by atomic mass is 19.4. The van der Waals surface area contributed by atoms with Gasteiger partial charge in [0.05, 0.1) is 19.2 Å². The summed E-state index contributed by atoms with van der Waals surface area (Å²) >= 11 is 0. The SMILES string of the molecule is COc1ccc(CN(C)C)c(C(F)(F)F)c1-c1cccc2c(C[C@H](NC(=O)C3(C(F)(F)F)CCN(CC(F)(F)F)CC3)C(=O)O)cccc12. The number of halogens is 9. The van der Waals surface area contributed by atoms with Gasteiger partial charge in [0.1, 0.15) is 17.2 Å².